The van der Waals surface area contributed by atoms with Crippen LogP contribution in [0.15, 0.2) is 30.5 Å². The predicted molar refractivity (Wildman–Crippen MR) is 69.6 cm³/mol. The van der Waals surface area contributed by atoms with E-state index >= 15 is 0 Å². The van der Waals surface area contributed by atoms with Crippen LogP contribution in [0, 0.1) is 0 Å². The van der Waals surface area contributed by atoms with Crippen LogP contribution >= 0.6 is 11.6 Å². The number of hydrogen-bond acceptors (Lipinski definition) is 3. The van der Waals surface area contributed by atoms with E-state index in [4.69, 9.17) is 16.7 Å². The number of carbonyl (C=O) groups is 2. The summed E-state index contributed by atoms with van der Waals surface area (Å²) in [7, 11) is 1.65. The molecule has 0 aliphatic heterocycles. The number of carbonyl (C=O) groups excluding carboxylic acids is 1. The molecule has 0 spiro atoms. The Hall–Kier alpha value is -2.34. The standard InChI is InChI=1S/C12H10ClN3O3/c1-16-10(4-5-14-16)11(17)15-7-2-3-8(12(18)19)9(13)6-7/h2-6H,1H3,(H,15,17)(H,18,19). The molecule has 19 heavy (non-hydrogen) atoms. The summed E-state index contributed by atoms with van der Waals surface area (Å²) in [4.78, 5) is 22.7. The molecule has 0 radical (unpaired) electrons. The number of carboxylic acids is 1. The van der Waals surface area contributed by atoms with Crippen LogP contribution in [0.5, 0.6) is 0 Å². The molecular weight excluding hydrogens is 270 g/mol. The zero-order valence-electron chi connectivity index (χ0n) is 9.92. The van der Waals surface area contributed by atoms with Gasteiger partial charge < -0.3 is 10.4 Å². The Balaban J connectivity index is 2.21. The first-order valence-electron chi connectivity index (χ1n) is 5.31. The minimum Gasteiger partial charge on any atom is -0.478 e. The van der Waals surface area contributed by atoms with Gasteiger partial charge in [-0.3, -0.25) is 9.48 Å². The lowest BCUT2D eigenvalue weighted by Gasteiger charge is -2.07. The Morgan fingerprint density at radius 2 is 2.11 bits per heavy atom. The first-order valence-corrected chi connectivity index (χ1v) is 5.69. The molecule has 0 unspecified atom stereocenters. The second-order valence-corrected chi connectivity index (χ2v) is 4.20. The Morgan fingerprint density at radius 1 is 1.37 bits per heavy atom. The molecular formula is C12H10ClN3O3. The van der Waals surface area contributed by atoms with E-state index in [2.05, 4.69) is 10.4 Å². The maximum atomic E-state index is 11.9. The maximum absolute atomic E-state index is 11.9. The summed E-state index contributed by atoms with van der Waals surface area (Å²) in [5.74, 6) is -1.46. The number of carboxylic acid groups (broad SMARTS) is 1. The fraction of sp³-hybridized carbons (Fsp3) is 0.0833. The zero-order valence-corrected chi connectivity index (χ0v) is 10.7. The fourth-order valence-electron chi connectivity index (χ4n) is 1.56. The van der Waals surface area contributed by atoms with E-state index in [9.17, 15) is 9.59 Å². The molecule has 98 valence electrons. The highest BCUT2D eigenvalue weighted by Crippen LogP contribution is 2.21. The van der Waals surface area contributed by atoms with Crippen LogP contribution < -0.4 is 5.32 Å². The van der Waals surface area contributed by atoms with Crippen molar-refractivity contribution in [3.63, 3.8) is 0 Å². The van der Waals surface area contributed by atoms with Crippen LogP contribution in [-0.2, 0) is 7.05 Å². The van der Waals surface area contributed by atoms with Crippen molar-refractivity contribution >= 4 is 29.2 Å². The molecule has 6 nitrogen and oxygen atoms in total. The van der Waals surface area contributed by atoms with Crippen molar-refractivity contribution in [1.29, 1.82) is 0 Å². The van der Waals surface area contributed by atoms with E-state index in [1.165, 1.54) is 29.1 Å². The van der Waals surface area contributed by atoms with Gasteiger partial charge in [0.05, 0.1) is 10.6 Å². The molecule has 7 heteroatoms. The second-order valence-electron chi connectivity index (χ2n) is 3.79. The number of aromatic carboxylic acids is 1. The van der Waals surface area contributed by atoms with Gasteiger partial charge in [0.2, 0.25) is 0 Å². The Morgan fingerprint density at radius 3 is 2.63 bits per heavy atom. The minimum atomic E-state index is -1.12. The Labute approximate surface area is 113 Å². The Kier molecular flexibility index (Phi) is 3.52. The van der Waals surface area contributed by atoms with Crippen molar-refractivity contribution in [2.24, 2.45) is 7.05 Å². The molecule has 2 rings (SSSR count). The number of benzene rings is 1. The highest BCUT2D eigenvalue weighted by atomic mass is 35.5. The van der Waals surface area contributed by atoms with E-state index in [-0.39, 0.29) is 16.5 Å². The third kappa shape index (κ3) is 2.74. The number of anilines is 1. The van der Waals surface area contributed by atoms with E-state index in [0.29, 0.717) is 11.4 Å². The molecule has 0 aliphatic carbocycles. The summed E-state index contributed by atoms with van der Waals surface area (Å²) in [5, 5.41) is 15.4. The Bertz CT molecular complexity index is 651. The molecule has 0 aliphatic rings. The average molecular weight is 280 g/mol. The van der Waals surface area contributed by atoms with Gasteiger partial charge in [-0.25, -0.2) is 4.79 Å². The van der Waals surface area contributed by atoms with Gasteiger partial charge in [0.15, 0.2) is 0 Å². The predicted octanol–water partition coefficient (Wildman–Crippen LogP) is 2.02. The first-order chi connectivity index (χ1) is 8.99. The summed E-state index contributed by atoms with van der Waals surface area (Å²) in [6, 6.07) is 5.77. The van der Waals surface area contributed by atoms with E-state index < -0.39 is 5.97 Å². The second kappa shape index (κ2) is 5.11. The zero-order chi connectivity index (χ0) is 14.0. The van der Waals surface area contributed by atoms with Crippen molar-refractivity contribution in [2.75, 3.05) is 5.32 Å². The van der Waals surface area contributed by atoms with Crippen molar-refractivity contribution in [3.05, 3.63) is 46.7 Å². The molecule has 2 N–H and O–H groups in total. The molecule has 1 aromatic heterocycles. The number of aromatic nitrogens is 2. The summed E-state index contributed by atoms with van der Waals surface area (Å²) in [6.45, 7) is 0. The van der Waals surface area contributed by atoms with Crippen molar-refractivity contribution in [2.45, 2.75) is 0 Å². The topological polar surface area (TPSA) is 84.2 Å². The summed E-state index contributed by atoms with van der Waals surface area (Å²) in [5.41, 5.74) is 0.792. The number of nitrogens with zero attached hydrogens (tertiary/aromatic N) is 2. The maximum Gasteiger partial charge on any atom is 0.337 e. The van der Waals surface area contributed by atoms with Gasteiger partial charge in [0.1, 0.15) is 5.69 Å². The molecule has 0 atom stereocenters. The van der Waals surface area contributed by atoms with Crippen molar-refractivity contribution in [1.82, 2.24) is 9.78 Å². The molecule has 1 heterocycles. The molecule has 0 bridgehead atoms. The van der Waals surface area contributed by atoms with E-state index in [0.717, 1.165) is 0 Å². The van der Waals surface area contributed by atoms with Gasteiger partial charge in [0.25, 0.3) is 5.91 Å². The van der Waals surface area contributed by atoms with Crippen LogP contribution in [0.2, 0.25) is 5.02 Å². The third-order valence-corrected chi connectivity index (χ3v) is 2.82. The van der Waals surface area contributed by atoms with Gasteiger partial charge in [0, 0.05) is 18.9 Å². The number of aryl methyl sites for hydroxylation is 1. The van der Waals surface area contributed by atoms with Gasteiger partial charge in [-0.1, -0.05) is 11.6 Å². The number of rotatable bonds is 3. The smallest absolute Gasteiger partial charge is 0.337 e. The molecule has 0 fully saturated rings. The summed E-state index contributed by atoms with van der Waals surface area (Å²) in [6.07, 6.45) is 1.51. The van der Waals surface area contributed by atoms with Crippen LogP contribution in [0.4, 0.5) is 5.69 Å². The van der Waals surface area contributed by atoms with Crippen LogP contribution in [0.25, 0.3) is 0 Å². The lowest BCUT2D eigenvalue weighted by atomic mass is 10.2. The van der Waals surface area contributed by atoms with Gasteiger partial charge >= 0.3 is 5.97 Å². The van der Waals surface area contributed by atoms with Crippen LogP contribution in [0.1, 0.15) is 20.8 Å². The van der Waals surface area contributed by atoms with Crippen molar-refractivity contribution < 1.29 is 14.7 Å². The number of hydrogen-bond donors (Lipinski definition) is 2. The fourth-order valence-corrected chi connectivity index (χ4v) is 1.82. The molecule has 1 aromatic carbocycles. The average Bonchev–Trinajstić information content (AvgIpc) is 2.75. The summed E-state index contributed by atoms with van der Waals surface area (Å²) >= 11 is 5.81. The molecule has 2 aromatic rings. The lowest BCUT2D eigenvalue weighted by molar-refractivity contribution is 0.0697. The van der Waals surface area contributed by atoms with Crippen LogP contribution in [0.3, 0.4) is 0 Å². The SMILES string of the molecule is Cn1nccc1C(=O)Nc1ccc(C(=O)O)c(Cl)c1. The number of nitrogens with one attached hydrogen (secondary N) is 1. The lowest BCUT2D eigenvalue weighted by Crippen LogP contribution is -2.16. The van der Waals surface area contributed by atoms with Gasteiger partial charge in [-0.2, -0.15) is 5.10 Å². The van der Waals surface area contributed by atoms with E-state index in [1.54, 1.807) is 13.1 Å². The normalized spacial score (nSPS) is 10.2. The minimum absolute atomic E-state index is 0.0137. The van der Waals surface area contributed by atoms with Gasteiger partial charge in [-0.05, 0) is 24.3 Å². The molecule has 0 saturated carbocycles. The van der Waals surface area contributed by atoms with Crippen LogP contribution in [-0.4, -0.2) is 26.8 Å². The number of halogens is 1. The highest BCUT2D eigenvalue weighted by molar-refractivity contribution is 6.33. The molecule has 1 amide bonds. The van der Waals surface area contributed by atoms with Gasteiger partial charge in [-0.15, -0.1) is 0 Å². The first kappa shape index (κ1) is 13.1. The summed E-state index contributed by atoms with van der Waals surface area (Å²) < 4.78 is 1.43. The van der Waals surface area contributed by atoms with Crippen molar-refractivity contribution in [3.8, 4) is 0 Å². The highest BCUT2D eigenvalue weighted by Gasteiger charge is 2.12. The largest absolute Gasteiger partial charge is 0.478 e. The monoisotopic (exact) mass is 279 g/mol. The number of amides is 1. The third-order valence-electron chi connectivity index (χ3n) is 2.51. The van der Waals surface area contributed by atoms with E-state index in [1.807, 2.05) is 0 Å². The quantitative estimate of drug-likeness (QED) is 0.900. The molecule has 0 saturated heterocycles.